The third kappa shape index (κ3) is 6.81. The molecule has 1 heterocycles. The minimum absolute atomic E-state index is 0.0695. The molecule has 2 rings (SSSR count). The van der Waals surface area contributed by atoms with Crippen LogP contribution < -0.4 is 5.32 Å². The van der Waals surface area contributed by atoms with Crippen LogP contribution in [-0.2, 0) is 19.6 Å². The number of carbonyl (C=O) groups excluding carboxylic acids is 2. The van der Waals surface area contributed by atoms with Crippen molar-refractivity contribution in [2.45, 2.75) is 38.1 Å². The third-order valence-electron chi connectivity index (χ3n) is 5.21. The number of nitrogens with one attached hydrogen (secondary N) is 1. The minimum atomic E-state index is -3.75. The van der Waals surface area contributed by atoms with Gasteiger partial charge in [-0.3, -0.25) is 9.69 Å². The SMILES string of the molecule is CC(C)COC(=O)N1CCCN(C(C)C(=O)Nc2ccc(Cl)c(S(=O)(=O)N(C)C)c2)CC1. The highest BCUT2D eigenvalue weighted by atomic mass is 35.5. The molecule has 0 saturated carbocycles. The van der Waals surface area contributed by atoms with E-state index in [9.17, 15) is 18.0 Å². The van der Waals surface area contributed by atoms with Gasteiger partial charge in [0.25, 0.3) is 0 Å². The van der Waals surface area contributed by atoms with Gasteiger partial charge in [0.15, 0.2) is 0 Å². The molecule has 1 fully saturated rings. The first-order chi connectivity index (χ1) is 14.9. The zero-order chi connectivity index (χ0) is 24.1. The van der Waals surface area contributed by atoms with Crippen LogP contribution in [0.3, 0.4) is 0 Å². The first kappa shape index (κ1) is 26.4. The van der Waals surface area contributed by atoms with Crippen LogP contribution >= 0.6 is 11.6 Å². The number of carbonyl (C=O) groups is 2. The van der Waals surface area contributed by atoms with Gasteiger partial charge in [0.2, 0.25) is 15.9 Å². The van der Waals surface area contributed by atoms with Crippen molar-refractivity contribution in [2.75, 3.05) is 52.2 Å². The summed E-state index contributed by atoms with van der Waals surface area (Å²) in [6.45, 7) is 8.37. The molecule has 1 unspecified atom stereocenters. The molecule has 32 heavy (non-hydrogen) atoms. The van der Waals surface area contributed by atoms with Crippen LogP contribution in [0.25, 0.3) is 0 Å². The van der Waals surface area contributed by atoms with Crippen LogP contribution in [0.2, 0.25) is 5.02 Å². The maximum atomic E-state index is 12.8. The van der Waals surface area contributed by atoms with E-state index in [1.165, 1.54) is 26.2 Å². The summed E-state index contributed by atoms with van der Waals surface area (Å²) in [7, 11) is -0.912. The lowest BCUT2D eigenvalue weighted by Gasteiger charge is -2.27. The summed E-state index contributed by atoms with van der Waals surface area (Å²) in [6, 6.07) is 3.91. The van der Waals surface area contributed by atoms with Crippen LogP contribution in [0.1, 0.15) is 27.2 Å². The van der Waals surface area contributed by atoms with Gasteiger partial charge in [0, 0.05) is 46.0 Å². The van der Waals surface area contributed by atoms with Gasteiger partial charge in [-0.05, 0) is 37.5 Å². The van der Waals surface area contributed by atoms with E-state index in [0.717, 1.165) is 10.7 Å². The molecular formula is C21H33ClN4O5S. The maximum Gasteiger partial charge on any atom is 0.409 e. The molecule has 1 saturated heterocycles. The summed E-state index contributed by atoms with van der Waals surface area (Å²) < 4.78 is 31.3. The Kier molecular flexibility index (Phi) is 9.32. The molecule has 0 aliphatic carbocycles. The Labute approximate surface area is 195 Å². The summed E-state index contributed by atoms with van der Waals surface area (Å²) in [4.78, 5) is 28.7. The molecule has 0 bridgehead atoms. The highest BCUT2D eigenvalue weighted by Gasteiger charge is 2.27. The van der Waals surface area contributed by atoms with Gasteiger partial charge < -0.3 is 15.0 Å². The number of rotatable bonds is 7. The third-order valence-corrected chi connectivity index (χ3v) is 7.51. The minimum Gasteiger partial charge on any atom is -0.449 e. The van der Waals surface area contributed by atoms with Crippen molar-refractivity contribution < 1.29 is 22.7 Å². The van der Waals surface area contributed by atoms with E-state index in [1.54, 1.807) is 17.9 Å². The molecule has 2 amide bonds. The quantitative estimate of drug-likeness (QED) is 0.633. The Morgan fingerprint density at radius 1 is 1.16 bits per heavy atom. The van der Waals surface area contributed by atoms with Gasteiger partial charge >= 0.3 is 6.09 Å². The fraction of sp³-hybridized carbons (Fsp3) is 0.619. The fourth-order valence-electron chi connectivity index (χ4n) is 3.22. The highest BCUT2D eigenvalue weighted by molar-refractivity contribution is 7.89. The monoisotopic (exact) mass is 488 g/mol. The van der Waals surface area contributed by atoms with Crippen molar-refractivity contribution in [2.24, 2.45) is 5.92 Å². The first-order valence-corrected chi connectivity index (χ1v) is 12.4. The number of amides is 2. The predicted molar refractivity (Wildman–Crippen MR) is 124 cm³/mol. The second-order valence-electron chi connectivity index (χ2n) is 8.45. The van der Waals surface area contributed by atoms with E-state index in [2.05, 4.69) is 5.32 Å². The predicted octanol–water partition coefficient (Wildman–Crippen LogP) is 2.72. The molecule has 1 aliphatic rings. The average Bonchev–Trinajstić information content (AvgIpc) is 2.98. The largest absolute Gasteiger partial charge is 0.449 e. The average molecular weight is 489 g/mol. The Balaban J connectivity index is 2.02. The van der Waals surface area contributed by atoms with Crippen LogP contribution in [-0.4, -0.2) is 87.4 Å². The fourth-order valence-corrected chi connectivity index (χ4v) is 4.62. The zero-order valence-electron chi connectivity index (χ0n) is 19.3. The molecule has 1 N–H and O–H groups in total. The van der Waals surface area contributed by atoms with Crippen molar-refractivity contribution >= 4 is 39.3 Å². The van der Waals surface area contributed by atoms with Crippen LogP contribution in [0.4, 0.5) is 10.5 Å². The van der Waals surface area contributed by atoms with Gasteiger partial charge in [-0.15, -0.1) is 0 Å². The molecule has 1 atom stereocenters. The lowest BCUT2D eigenvalue weighted by molar-refractivity contribution is -0.120. The second-order valence-corrected chi connectivity index (χ2v) is 11.0. The number of sulfonamides is 1. The number of anilines is 1. The topological polar surface area (TPSA) is 99.3 Å². The Morgan fingerprint density at radius 2 is 1.84 bits per heavy atom. The summed E-state index contributed by atoms with van der Waals surface area (Å²) in [5.74, 6) is 0.00333. The van der Waals surface area contributed by atoms with Crippen molar-refractivity contribution in [3.05, 3.63) is 23.2 Å². The Hall–Kier alpha value is -1.88. The highest BCUT2D eigenvalue weighted by Crippen LogP contribution is 2.27. The van der Waals surface area contributed by atoms with E-state index in [-0.39, 0.29) is 27.8 Å². The molecule has 0 aromatic heterocycles. The van der Waals surface area contributed by atoms with Crippen LogP contribution in [0, 0.1) is 5.92 Å². The van der Waals surface area contributed by atoms with Gasteiger partial charge in [0.1, 0.15) is 4.90 Å². The standard InChI is InChI=1S/C21H33ClN4O5S/c1-15(2)14-31-21(28)26-10-6-9-25(11-12-26)16(3)20(27)23-17-7-8-18(22)19(13-17)32(29,30)24(4)5/h7-8,13,15-16H,6,9-12,14H2,1-5H3,(H,23,27). The van der Waals surface area contributed by atoms with E-state index < -0.39 is 16.1 Å². The molecule has 11 heteroatoms. The first-order valence-electron chi connectivity index (χ1n) is 10.6. The molecular weight excluding hydrogens is 456 g/mol. The normalized spacial score (nSPS) is 16.7. The van der Waals surface area contributed by atoms with Gasteiger partial charge in [-0.1, -0.05) is 25.4 Å². The van der Waals surface area contributed by atoms with Gasteiger partial charge in [-0.2, -0.15) is 0 Å². The van der Waals surface area contributed by atoms with E-state index in [1.807, 2.05) is 18.7 Å². The summed E-state index contributed by atoms with van der Waals surface area (Å²) in [6.07, 6.45) is 0.397. The molecule has 9 nitrogen and oxygen atoms in total. The van der Waals surface area contributed by atoms with E-state index >= 15 is 0 Å². The zero-order valence-corrected chi connectivity index (χ0v) is 20.9. The van der Waals surface area contributed by atoms with E-state index in [0.29, 0.717) is 38.5 Å². The van der Waals surface area contributed by atoms with Crippen molar-refractivity contribution in [1.82, 2.24) is 14.1 Å². The lowest BCUT2D eigenvalue weighted by Crippen LogP contribution is -2.44. The maximum absolute atomic E-state index is 12.8. The molecule has 1 aliphatic heterocycles. The smallest absolute Gasteiger partial charge is 0.409 e. The summed E-state index contributed by atoms with van der Waals surface area (Å²) in [5.41, 5.74) is 0.348. The molecule has 0 radical (unpaired) electrons. The van der Waals surface area contributed by atoms with Crippen LogP contribution in [0.5, 0.6) is 0 Å². The molecule has 1 aromatic rings. The number of ether oxygens (including phenoxy) is 1. The van der Waals surface area contributed by atoms with E-state index in [4.69, 9.17) is 16.3 Å². The van der Waals surface area contributed by atoms with Crippen molar-refractivity contribution in [3.8, 4) is 0 Å². The number of nitrogens with zero attached hydrogens (tertiary/aromatic N) is 3. The Bertz CT molecular complexity index is 923. The summed E-state index contributed by atoms with van der Waals surface area (Å²) in [5, 5.41) is 2.86. The Morgan fingerprint density at radius 3 is 2.47 bits per heavy atom. The second kappa shape index (κ2) is 11.3. The lowest BCUT2D eigenvalue weighted by atomic mass is 10.2. The van der Waals surface area contributed by atoms with Crippen LogP contribution in [0.15, 0.2) is 23.1 Å². The van der Waals surface area contributed by atoms with Crippen molar-refractivity contribution in [3.63, 3.8) is 0 Å². The summed E-state index contributed by atoms with van der Waals surface area (Å²) >= 11 is 6.07. The number of hydrogen-bond donors (Lipinski definition) is 1. The molecule has 180 valence electrons. The van der Waals surface area contributed by atoms with Gasteiger partial charge in [0.05, 0.1) is 17.7 Å². The van der Waals surface area contributed by atoms with Crippen molar-refractivity contribution in [1.29, 1.82) is 0 Å². The number of halogens is 1. The van der Waals surface area contributed by atoms with Gasteiger partial charge in [-0.25, -0.2) is 17.5 Å². The molecule has 0 spiro atoms. The number of hydrogen-bond acceptors (Lipinski definition) is 6. The molecule has 1 aromatic carbocycles. The number of benzene rings is 1.